The van der Waals surface area contributed by atoms with Crippen LogP contribution in [0.4, 0.5) is 10.5 Å². The number of hydrogen-bond donors (Lipinski definition) is 2. The number of likely N-dealkylation sites (N-methyl/N-ethyl adjacent to an activating group) is 1. The molecule has 0 heterocycles. The molecule has 1 aromatic rings. The molecule has 9 heteroatoms. The third kappa shape index (κ3) is 7.79. The van der Waals surface area contributed by atoms with Crippen molar-refractivity contribution in [2.75, 3.05) is 60.1 Å². The summed E-state index contributed by atoms with van der Waals surface area (Å²) in [6, 6.07) is 2.86. The Morgan fingerprint density at radius 3 is 2.21 bits per heavy atom. The Morgan fingerprint density at radius 2 is 1.71 bits per heavy atom. The number of ether oxygens (including phenoxy) is 5. The molecule has 0 aliphatic carbocycles. The van der Waals surface area contributed by atoms with Gasteiger partial charge in [-0.2, -0.15) is 0 Å². The normalized spacial score (nSPS) is 11.9. The number of nitrogens with one attached hydrogen (secondary N) is 1. The number of carbonyl (C=O) groups is 1. The summed E-state index contributed by atoms with van der Waals surface area (Å²) in [7, 11) is 6.08. The molecule has 0 saturated heterocycles. The Morgan fingerprint density at radius 1 is 1.11 bits per heavy atom. The SMILES string of the molecule is COc1cc(NC(=O)N(C)CC(O)COCCOC(C)C)cc(OC)c1OC. The summed E-state index contributed by atoms with van der Waals surface area (Å²) in [6.07, 6.45) is -0.673. The van der Waals surface area contributed by atoms with Crippen LogP contribution in [0.15, 0.2) is 12.1 Å². The molecule has 0 aliphatic heterocycles. The predicted molar refractivity (Wildman–Crippen MR) is 106 cm³/mol. The van der Waals surface area contributed by atoms with Crippen LogP contribution in [0, 0.1) is 0 Å². The van der Waals surface area contributed by atoms with Gasteiger partial charge in [0.2, 0.25) is 5.75 Å². The van der Waals surface area contributed by atoms with Crippen LogP contribution in [-0.4, -0.2) is 83.0 Å². The first-order valence-corrected chi connectivity index (χ1v) is 9.01. The van der Waals surface area contributed by atoms with E-state index in [1.807, 2.05) is 13.8 Å². The van der Waals surface area contributed by atoms with Gasteiger partial charge < -0.3 is 39.0 Å². The van der Waals surface area contributed by atoms with Crippen LogP contribution in [0.5, 0.6) is 17.2 Å². The molecule has 0 spiro atoms. The predicted octanol–water partition coefficient (Wildman–Crippen LogP) is 1.98. The Balaban J connectivity index is 2.55. The molecule has 1 unspecified atom stereocenters. The molecule has 160 valence electrons. The molecular weight excluding hydrogens is 368 g/mol. The summed E-state index contributed by atoms with van der Waals surface area (Å²) in [5.41, 5.74) is 0.475. The van der Waals surface area contributed by atoms with Crippen molar-refractivity contribution in [2.45, 2.75) is 26.1 Å². The van der Waals surface area contributed by atoms with Crippen molar-refractivity contribution in [1.29, 1.82) is 0 Å². The van der Waals surface area contributed by atoms with Crippen molar-refractivity contribution >= 4 is 11.7 Å². The maximum atomic E-state index is 12.4. The molecule has 2 N–H and O–H groups in total. The number of benzene rings is 1. The van der Waals surface area contributed by atoms with Crippen LogP contribution in [0.2, 0.25) is 0 Å². The molecule has 28 heavy (non-hydrogen) atoms. The van der Waals surface area contributed by atoms with E-state index in [-0.39, 0.29) is 19.3 Å². The lowest BCUT2D eigenvalue weighted by atomic mass is 10.2. The van der Waals surface area contributed by atoms with Gasteiger partial charge in [0.05, 0.1) is 65.6 Å². The van der Waals surface area contributed by atoms with Gasteiger partial charge in [-0.25, -0.2) is 4.79 Å². The highest BCUT2D eigenvalue weighted by Gasteiger charge is 2.17. The van der Waals surface area contributed by atoms with E-state index < -0.39 is 12.1 Å². The first-order valence-electron chi connectivity index (χ1n) is 9.01. The number of anilines is 1. The second-order valence-corrected chi connectivity index (χ2v) is 6.37. The van der Waals surface area contributed by atoms with Crippen LogP contribution >= 0.6 is 0 Å². The van der Waals surface area contributed by atoms with Gasteiger partial charge in [-0.05, 0) is 13.8 Å². The lowest BCUT2D eigenvalue weighted by Crippen LogP contribution is -2.39. The van der Waals surface area contributed by atoms with E-state index in [1.54, 1.807) is 19.2 Å². The minimum Gasteiger partial charge on any atom is -0.493 e. The third-order valence-corrected chi connectivity index (χ3v) is 3.74. The minimum atomic E-state index is -0.810. The first kappa shape index (κ1) is 23.8. The summed E-state index contributed by atoms with van der Waals surface area (Å²) in [5.74, 6) is 1.29. The summed E-state index contributed by atoms with van der Waals surface area (Å²) >= 11 is 0. The number of amides is 2. The fourth-order valence-electron chi connectivity index (χ4n) is 2.39. The number of aliphatic hydroxyl groups is 1. The zero-order valence-corrected chi connectivity index (χ0v) is 17.5. The topological polar surface area (TPSA) is 98.7 Å². The fraction of sp³-hybridized carbons (Fsp3) is 0.632. The third-order valence-electron chi connectivity index (χ3n) is 3.74. The van der Waals surface area contributed by atoms with Crippen molar-refractivity contribution < 1.29 is 33.6 Å². The highest BCUT2D eigenvalue weighted by atomic mass is 16.5. The molecule has 0 bridgehead atoms. The van der Waals surface area contributed by atoms with Gasteiger partial charge in [-0.1, -0.05) is 0 Å². The smallest absolute Gasteiger partial charge is 0.321 e. The summed E-state index contributed by atoms with van der Waals surface area (Å²) < 4.78 is 26.5. The molecule has 1 aromatic carbocycles. The van der Waals surface area contributed by atoms with Gasteiger partial charge in [0.1, 0.15) is 0 Å². The van der Waals surface area contributed by atoms with Gasteiger partial charge >= 0.3 is 6.03 Å². The van der Waals surface area contributed by atoms with Crippen LogP contribution in [0.25, 0.3) is 0 Å². The molecule has 0 aliphatic rings. The summed E-state index contributed by atoms with van der Waals surface area (Å²) in [4.78, 5) is 13.7. The van der Waals surface area contributed by atoms with Gasteiger partial charge in [0.15, 0.2) is 11.5 Å². The fourth-order valence-corrected chi connectivity index (χ4v) is 2.39. The lowest BCUT2D eigenvalue weighted by molar-refractivity contribution is -0.0144. The Kier molecular flexibility index (Phi) is 10.4. The standard InChI is InChI=1S/C19H32N2O7/c1-13(2)28-8-7-27-12-15(22)11-21(3)19(23)20-14-9-16(24-4)18(26-6)17(10-14)25-5/h9-10,13,15,22H,7-8,11-12H2,1-6H3,(H,20,23). The molecule has 0 fully saturated rings. The monoisotopic (exact) mass is 400 g/mol. The van der Waals surface area contributed by atoms with Gasteiger partial charge in [0, 0.05) is 19.2 Å². The van der Waals surface area contributed by atoms with Crippen molar-refractivity contribution in [3.63, 3.8) is 0 Å². The average molecular weight is 400 g/mol. The van der Waals surface area contributed by atoms with Gasteiger partial charge in [-0.3, -0.25) is 0 Å². The summed E-state index contributed by atoms with van der Waals surface area (Å²) in [6.45, 7) is 4.95. The number of rotatable bonds is 12. The van der Waals surface area contributed by atoms with Crippen molar-refractivity contribution in [1.82, 2.24) is 4.90 Å². The van der Waals surface area contributed by atoms with E-state index >= 15 is 0 Å². The highest BCUT2D eigenvalue weighted by molar-refractivity contribution is 5.90. The number of aliphatic hydroxyl groups excluding tert-OH is 1. The molecule has 9 nitrogen and oxygen atoms in total. The Labute approximate surface area is 166 Å². The zero-order chi connectivity index (χ0) is 21.1. The molecule has 0 saturated carbocycles. The number of methoxy groups -OCH3 is 3. The van der Waals surface area contributed by atoms with Crippen molar-refractivity contribution in [2.24, 2.45) is 0 Å². The van der Waals surface area contributed by atoms with Gasteiger partial charge in [0.25, 0.3) is 0 Å². The van der Waals surface area contributed by atoms with Crippen molar-refractivity contribution in [3.8, 4) is 17.2 Å². The van der Waals surface area contributed by atoms with Crippen molar-refractivity contribution in [3.05, 3.63) is 12.1 Å². The number of carbonyl (C=O) groups excluding carboxylic acids is 1. The quantitative estimate of drug-likeness (QED) is 0.518. The second kappa shape index (κ2) is 12.3. The number of nitrogens with zero attached hydrogens (tertiary/aromatic N) is 1. The maximum absolute atomic E-state index is 12.4. The Hall–Kier alpha value is -2.23. The molecule has 0 radical (unpaired) electrons. The molecule has 1 rings (SSSR count). The van der Waals surface area contributed by atoms with E-state index in [2.05, 4.69) is 5.32 Å². The van der Waals surface area contributed by atoms with Crippen LogP contribution < -0.4 is 19.5 Å². The number of urea groups is 1. The maximum Gasteiger partial charge on any atom is 0.321 e. The van der Waals surface area contributed by atoms with E-state index in [0.29, 0.717) is 36.1 Å². The largest absolute Gasteiger partial charge is 0.493 e. The summed E-state index contributed by atoms with van der Waals surface area (Å²) in [5, 5.41) is 12.8. The molecule has 1 atom stereocenters. The molecule has 2 amide bonds. The van der Waals surface area contributed by atoms with E-state index in [9.17, 15) is 9.90 Å². The molecular formula is C19H32N2O7. The zero-order valence-electron chi connectivity index (χ0n) is 17.5. The second-order valence-electron chi connectivity index (χ2n) is 6.37. The lowest BCUT2D eigenvalue weighted by Gasteiger charge is -2.22. The first-order chi connectivity index (χ1) is 13.3. The molecule has 0 aromatic heterocycles. The highest BCUT2D eigenvalue weighted by Crippen LogP contribution is 2.39. The average Bonchev–Trinajstić information content (AvgIpc) is 2.66. The van der Waals surface area contributed by atoms with Crippen LogP contribution in [0.3, 0.4) is 0 Å². The van der Waals surface area contributed by atoms with E-state index in [0.717, 1.165) is 0 Å². The minimum absolute atomic E-state index is 0.112. The van der Waals surface area contributed by atoms with Crippen LogP contribution in [0.1, 0.15) is 13.8 Å². The van der Waals surface area contributed by atoms with E-state index in [1.165, 1.54) is 26.2 Å². The van der Waals surface area contributed by atoms with Crippen LogP contribution in [-0.2, 0) is 9.47 Å². The van der Waals surface area contributed by atoms with Gasteiger partial charge in [-0.15, -0.1) is 0 Å². The van der Waals surface area contributed by atoms with E-state index in [4.69, 9.17) is 23.7 Å². The number of hydrogen-bond acceptors (Lipinski definition) is 7. The Bertz CT molecular complexity index is 585.